The standard InChI is InChI=1S/C14H22N2O2/c1-9-7-12(15)8-10(2)14(9)16-13(17)6-5-11(3)18-4/h7-8,11H,5-6,15H2,1-4H3,(H,16,17). The van der Waals surface area contributed by atoms with Crippen LogP contribution in [-0.2, 0) is 9.53 Å². The highest BCUT2D eigenvalue weighted by molar-refractivity contribution is 5.92. The molecule has 0 fully saturated rings. The second-order valence-electron chi connectivity index (χ2n) is 4.66. The van der Waals surface area contributed by atoms with E-state index in [1.165, 1.54) is 0 Å². The molecule has 0 aliphatic rings. The predicted octanol–water partition coefficient (Wildman–Crippen LogP) is 2.64. The fourth-order valence-electron chi connectivity index (χ4n) is 1.85. The summed E-state index contributed by atoms with van der Waals surface area (Å²) in [5.41, 5.74) is 9.30. The molecule has 1 aromatic rings. The number of methoxy groups -OCH3 is 1. The largest absolute Gasteiger partial charge is 0.399 e. The Hall–Kier alpha value is -1.55. The number of hydrogen-bond acceptors (Lipinski definition) is 3. The van der Waals surface area contributed by atoms with Crippen LogP contribution in [0, 0.1) is 13.8 Å². The Bertz CT molecular complexity index is 407. The average Bonchev–Trinajstić information content (AvgIpc) is 2.30. The third kappa shape index (κ3) is 4.04. The first kappa shape index (κ1) is 14.5. The molecule has 4 nitrogen and oxygen atoms in total. The van der Waals surface area contributed by atoms with Gasteiger partial charge in [-0.3, -0.25) is 4.79 Å². The number of ether oxygens (including phenoxy) is 1. The first-order valence-corrected chi connectivity index (χ1v) is 6.13. The normalized spacial score (nSPS) is 12.2. The maximum atomic E-state index is 11.8. The van der Waals surface area contributed by atoms with Gasteiger partial charge in [0, 0.05) is 24.9 Å². The third-order valence-corrected chi connectivity index (χ3v) is 3.00. The Kier molecular flexibility index (Phi) is 5.16. The lowest BCUT2D eigenvalue weighted by Gasteiger charge is -2.13. The van der Waals surface area contributed by atoms with Gasteiger partial charge in [0.1, 0.15) is 0 Å². The van der Waals surface area contributed by atoms with Gasteiger partial charge in [0.25, 0.3) is 0 Å². The molecule has 0 heterocycles. The van der Waals surface area contributed by atoms with Crippen LogP contribution < -0.4 is 11.1 Å². The number of nitrogens with one attached hydrogen (secondary N) is 1. The Labute approximate surface area is 109 Å². The Morgan fingerprint density at radius 3 is 2.44 bits per heavy atom. The maximum Gasteiger partial charge on any atom is 0.224 e. The molecule has 18 heavy (non-hydrogen) atoms. The van der Waals surface area contributed by atoms with Crippen LogP contribution in [-0.4, -0.2) is 19.1 Å². The van der Waals surface area contributed by atoms with Crippen molar-refractivity contribution in [3.63, 3.8) is 0 Å². The summed E-state index contributed by atoms with van der Waals surface area (Å²) in [6.07, 6.45) is 1.28. The molecule has 1 rings (SSSR count). The molecule has 3 N–H and O–H groups in total. The van der Waals surface area contributed by atoms with Crippen LogP contribution in [0.2, 0.25) is 0 Å². The van der Waals surface area contributed by atoms with Gasteiger partial charge >= 0.3 is 0 Å². The topological polar surface area (TPSA) is 64.3 Å². The summed E-state index contributed by atoms with van der Waals surface area (Å²) in [6, 6.07) is 3.72. The number of aryl methyl sites for hydroxylation is 2. The van der Waals surface area contributed by atoms with Crippen LogP contribution in [0.5, 0.6) is 0 Å². The molecule has 0 spiro atoms. The van der Waals surface area contributed by atoms with Gasteiger partial charge < -0.3 is 15.8 Å². The molecule has 1 aromatic carbocycles. The summed E-state index contributed by atoms with van der Waals surface area (Å²) < 4.78 is 5.12. The number of rotatable bonds is 5. The second kappa shape index (κ2) is 6.40. The molecule has 0 saturated carbocycles. The zero-order chi connectivity index (χ0) is 13.7. The Morgan fingerprint density at radius 1 is 1.39 bits per heavy atom. The monoisotopic (exact) mass is 250 g/mol. The molecule has 0 radical (unpaired) electrons. The number of nitrogen functional groups attached to an aromatic ring is 1. The van der Waals surface area contributed by atoms with E-state index in [-0.39, 0.29) is 12.0 Å². The minimum absolute atomic E-state index is 0.00914. The van der Waals surface area contributed by atoms with Crippen molar-refractivity contribution in [1.29, 1.82) is 0 Å². The van der Waals surface area contributed by atoms with E-state index in [9.17, 15) is 4.79 Å². The molecule has 0 aliphatic heterocycles. The fraction of sp³-hybridized carbons (Fsp3) is 0.500. The lowest BCUT2D eigenvalue weighted by molar-refractivity contribution is -0.116. The van der Waals surface area contributed by atoms with E-state index in [1.807, 2.05) is 32.9 Å². The van der Waals surface area contributed by atoms with Crippen LogP contribution in [0.4, 0.5) is 11.4 Å². The highest BCUT2D eigenvalue weighted by atomic mass is 16.5. The van der Waals surface area contributed by atoms with Crippen LogP contribution in [0.25, 0.3) is 0 Å². The van der Waals surface area contributed by atoms with Crippen molar-refractivity contribution in [2.24, 2.45) is 0 Å². The molecular formula is C14H22N2O2. The van der Waals surface area contributed by atoms with Gasteiger partial charge in [0.05, 0.1) is 6.10 Å². The van der Waals surface area contributed by atoms with Gasteiger partial charge in [-0.05, 0) is 50.5 Å². The minimum atomic E-state index is 0.00914. The molecule has 1 unspecified atom stereocenters. The van der Waals surface area contributed by atoms with Crippen LogP contribution in [0.15, 0.2) is 12.1 Å². The zero-order valence-corrected chi connectivity index (χ0v) is 11.5. The maximum absolute atomic E-state index is 11.8. The van der Waals surface area contributed by atoms with Crippen molar-refractivity contribution in [2.45, 2.75) is 39.7 Å². The molecule has 1 atom stereocenters. The van der Waals surface area contributed by atoms with Crippen molar-refractivity contribution in [1.82, 2.24) is 0 Å². The van der Waals surface area contributed by atoms with E-state index in [1.54, 1.807) is 7.11 Å². The van der Waals surface area contributed by atoms with E-state index in [2.05, 4.69) is 5.32 Å². The van der Waals surface area contributed by atoms with Crippen molar-refractivity contribution in [2.75, 3.05) is 18.2 Å². The molecule has 0 saturated heterocycles. The van der Waals surface area contributed by atoms with Crippen molar-refractivity contribution >= 4 is 17.3 Å². The summed E-state index contributed by atoms with van der Waals surface area (Å²) in [7, 11) is 1.65. The quantitative estimate of drug-likeness (QED) is 0.790. The molecule has 1 amide bonds. The molecular weight excluding hydrogens is 228 g/mol. The van der Waals surface area contributed by atoms with Crippen molar-refractivity contribution < 1.29 is 9.53 Å². The summed E-state index contributed by atoms with van der Waals surface area (Å²) >= 11 is 0. The minimum Gasteiger partial charge on any atom is -0.399 e. The van der Waals surface area contributed by atoms with Crippen molar-refractivity contribution in [3.8, 4) is 0 Å². The molecule has 4 heteroatoms. The summed E-state index contributed by atoms with van der Waals surface area (Å²) in [6.45, 7) is 5.83. The Balaban J connectivity index is 2.65. The summed E-state index contributed by atoms with van der Waals surface area (Å²) in [5, 5.41) is 2.94. The van der Waals surface area contributed by atoms with Gasteiger partial charge in [0.2, 0.25) is 5.91 Å². The van der Waals surface area contributed by atoms with Gasteiger partial charge in [0.15, 0.2) is 0 Å². The molecule has 0 aliphatic carbocycles. The number of anilines is 2. The van der Waals surface area contributed by atoms with Gasteiger partial charge in [-0.2, -0.15) is 0 Å². The SMILES string of the molecule is COC(C)CCC(=O)Nc1c(C)cc(N)cc1C. The highest BCUT2D eigenvalue weighted by Crippen LogP contribution is 2.23. The number of hydrogen-bond donors (Lipinski definition) is 2. The third-order valence-electron chi connectivity index (χ3n) is 3.00. The van der Waals surface area contributed by atoms with Crippen molar-refractivity contribution in [3.05, 3.63) is 23.3 Å². The first-order valence-electron chi connectivity index (χ1n) is 6.13. The number of carbonyl (C=O) groups excluding carboxylic acids is 1. The van der Waals surface area contributed by atoms with Gasteiger partial charge in [-0.15, -0.1) is 0 Å². The van der Waals surface area contributed by atoms with E-state index in [0.29, 0.717) is 6.42 Å². The second-order valence-corrected chi connectivity index (χ2v) is 4.66. The van der Waals surface area contributed by atoms with Crippen LogP contribution in [0.1, 0.15) is 30.9 Å². The Morgan fingerprint density at radius 2 is 1.94 bits per heavy atom. The summed E-state index contributed by atoms with van der Waals surface area (Å²) in [5.74, 6) is 0.00914. The number of amides is 1. The molecule has 0 bridgehead atoms. The van der Waals surface area contributed by atoms with E-state index >= 15 is 0 Å². The molecule has 100 valence electrons. The predicted molar refractivity (Wildman–Crippen MR) is 74.7 cm³/mol. The van der Waals surface area contributed by atoms with E-state index in [0.717, 1.165) is 28.9 Å². The lowest BCUT2D eigenvalue weighted by Crippen LogP contribution is -2.16. The molecule has 0 aromatic heterocycles. The zero-order valence-electron chi connectivity index (χ0n) is 11.5. The van der Waals surface area contributed by atoms with E-state index < -0.39 is 0 Å². The number of nitrogens with two attached hydrogens (primary N) is 1. The summed E-state index contributed by atoms with van der Waals surface area (Å²) in [4.78, 5) is 11.8. The van der Waals surface area contributed by atoms with Gasteiger partial charge in [-0.1, -0.05) is 0 Å². The highest BCUT2D eigenvalue weighted by Gasteiger charge is 2.10. The smallest absolute Gasteiger partial charge is 0.224 e. The lowest BCUT2D eigenvalue weighted by atomic mass is 10.1. The van der Waals surface area contributed by atoms with E-state index in [4.69, 9.17) is 10.5 Å². The van der Waals surface area contributed by atoms with Crippen LogP contribution >= 0.6 is 0 Å². The van der Waals surface area contributed by atoms with Gasteiger partial charge in [-0.25, -0.2) is 0 Å². The first-order chi connectivity index (χ1) is 8.43. The average molecular weight is 250 g/mol. The van der Waals surface area contributed by atoms with Crippen LogP contribution in [0.3, 0.4) is 0 Å². The number of benzene rings is 1. The fourth-order valence-corrected chi connectivity index (χ4v) is 1.85. The number of carbonyl (C=O) groups is 1.